The summed E-state index contributed by atoms with van der Waals surface area (Å²) in [7, 11) is 0. The topological polar surface area (TPSA) is 106 Å². The van der Waals surface area contributed by atoms with Crippen molar-refractivity contribution >= 4 is 11.6 Å². The van der Waals surface area contributed by atoms with Crippen LogP contribution in [0.5, 0.6) is 0 Å². The fraction of sp³-hybridized carbons (Fsp3) is 0.500. The molecule has 1 fully saturated rings. The summed E-state index contributed by atoms with van der Waals surface area (Å²) in [4.78, 5) is 25.1. The Morgan fingerprint density at radius 3 is 2.74 bits per heavy atom. The standard InChI is InChI=1S/C18H22N6O3/c1-12-10-14(24(26)27)2-3-15(12)18(25)22-7-4-13(5-8-22)17-21-20-16-11-19-6-9-23(16)17/h2-3,10,13,19H,4-9,11H2,1H3. The zero-order chi connectivity index (χ0) is 19.0. The molecule has 9 heteroatoms. The number of carbonyl (C=O) groups excluding carboxylic acids is 1. The summed E-state index contributed by atoms with van der Waals surface area (Å²) < 4.78 is 2.21. The first-order valence-electron chi connectivity index (χ1n) is 9.21. The number of aryl methyl sites for hydroxylation is 1. The lowest BCUT2D eigenvalue weighted by molar-refractivity contribution is -0.384. The summed E-state index contributed by atoms with van der Waals surface area (Å²) in [5.74, 6) is 2.26. The van der Waals surface area contributed by atoms with E-state index in [9.17, 15) is 14.9 Å². The van der Waals surface area contributed by atoms with Crippen LogP contribution in [0.2, 0.25) is 0 Å². The number of aromatic nitrogens is 3. The van der Waals surface area contributed by atoms with Gasteiger partial charge in [0.1, 0.15) is 11.6 Å². The lowest BCUT2D eigenvalue weighted by Crippen LogP contribution is -2.39. The Balaban J connectivity index is 1.44. The molecule has 0 saturated carbocycles. The molecule has 0 radical (unpaired) electrons. The molecule has 4 rings (SSSR count). The highest BCUT2D eigenvalue weighted by molar-refractivity contribution is 5.96. The van der Waals surface area contributed by atoms with Crippen molar-refractivity contribution in [2.45, 2.75) is 38.8 Å². The van der Waals surface area contributed by atoms with Gasteiger partial charge in [-0.2, -0.15) is 0 Å². The number of benzene rings is 1. The number of likely N-dealkylation sites (tertiary alicyclic amines) is 1. The first-order chi connectivity index (χ1) is 13.0. The molecule has 0 unspecified atom stereocenters. The van der Waals surface area contributed by atoms with Crippen molar-refractivity contribution in [3.05, 3.63) is 51.1 Å². The van der Waals surface area contributed by atoms with Gasteiger partial charge in [-0.3, -0.25) is 14.9 Å². The van der Waals surface area contributed by atoms with Gasteiger partial charge >= 0.3 is 0 Å². The number of hydrogen-bond acceptors (Lipinski definition) is 6. The number of amides is 1. The molecule has 142 valence electrons. The molecule has 0 spiro atoms. The Kier molecular flexibility index (Phi) is 4.61. The minimum absolute atomic E-state index is 0.00817. The van der Waals surface area contributed by atoms with Crippen molar-refractivity contribution in [2.24, 2.45) is 0 Å². The molecule has 1 saturated heterocycles. The second-order valence-corrected chi connectivity index (χ2v) is 7.13. The van der Waals surface area contributed by atoms with Crippen molar-refractivity contribution in [3.63, 3.8) is 0 Å². The third kappa shape index (κ3) is 3.30. The Hall–Kier alpha value is -2.81. The molecule has 1 amide bonds. The maximum absolute atomic E-state index is 12.8. The second-order valence-electron chi connectivity index (χ2n) is 7.13. The molecule has 1 N–H and O–H groups in total. The Morgan fingerprint density at radius 2 is 2.04 bits per heavy atom. The van der Waals surface area contributed by atoms with Crippen molar-refractivity contribution < 1.29 is 9.72 Å². The van der Waals surface area contributed by atoms with E-state index in [-0.39, 0.29) is 11.6 Å². The predicted molar refractivity (Wildman–Crippen MR) is 97.4 cm³/mol. The van der Waals surface area contributed by atoms with Crippen LogP contribution in [0, 0.1) is 17.0 Å². The minimum atomic E-state index is -0.443. The molecule has 2 aromatic rings. The lowest BCUT2D eigenvalue weighted by atomic mass is 9.95. The van der Waals surface area contributed by atoms with Gasteiger partial charge < -0.3 is 14.8 Å². The van der Waals surface area contributed by atoms with Crippen LogP contribution in [0.3, 0.4) is 0 Å². The van der Waals surface area contributed by atoms with E-state index in [2.05, 4.69) is 20.1 Å². The first kappa shape index (κ1) is 17.6. The molecule has 1 aromatic carbocycles. The number of carbonyl (C=O) groups is 1. The van der Waals surface area contributed by atoms with Crippen molar-refractivity contribution in [2.75, 3.05) is 19.6 Å². The van der Waals surface area contributed by atoms with E-state index in [1.54, 1.807) is 13.0 Å². The molecular formula is C18H22N6O3. The zero-order valence-electron chi connectivity index (χ0n) is 15.2. The molecule has 0 bridgehead atoms. The molecule has 1 aromatic heterocycles. The van der Waals surface area contributed by atoms with E-state index in [0.29, 0.717) is 30.1 Å². The summed E-state index contributed by atoms with van der Waals surface area (Å²) in [6.07, 6.45) is 1.70. The molecule has 2 aliphatic rings. The van der Waals surface area contributed by atoms with Crippen LogP contribution in [-0.2, 0) is 13.1 Å². The van der Waals surface area contributed by atoms with E-state index in [1.807, 2.05) is 4.90 Å². The molecule has 0 atom stereocenters. The van der Waals surface area contributed by atoms with E-state index >= 15 is 0 Å². The average Bonchev–Trinajstić information content (AvgIpc) is 3.11. The van der Waals surface area contributed by atoms with Crippen molar-refractivity contribution in [1.29, 1.82) is 0 Å². The van der Waals surface area contributed by atoms with Gasteiger partial charge in [0.15, 0.2) is 0 Å². The lowest BCUT2D eigenvalue weighted by Gasteiger charge is -2.32. The maximum atomic E-state index is 12.8. The minimum Gasteiger partial charge on any atom is -0.339 e. The molecular weight excluding hydrogens is 348 g/mol. The van der Waals surface area contributed by atoms with Crippen LogP contribution < -0.4 is 5.32 Å². The van der Waals surface area contributed by atoms with Crippen LogP contribution in [0.25, 0.3) is 0 Å². The Bertz CT molecular complexity index is 885. The van der Waals surface area contributed by atoms with E-state index in [1.165, 1.54) is 12.1 Å². The second kappa shape index (κ2) is 7.07. The summed E-state index contributed by atoms with van der Waals surface area (Å²) in [5.41, 5.74) is 1.18. The molecule has 3 heterocycles. The van der Waals surface area contributed by atoms with Gasteiger partial charge in [0.2, 0.25) is 0 Å². The van der Waals surface area contributed by atoms with Gasteiger partial charge in [0.25, 0.3) is 11.6 Å². The number of nitro benzene ring substituents is 1. The monoisotopic (exact) mass is 370 g/mol. The Morgan fingerprint density at radius 1 is 1.26 bits per heavy atom. The van der Waals surface area contributed by atoms with Gasteiger partial charge in [-0.1, -0.05) is 0 Å². The highest BCUT2D eigenvalue weighted by Gasteiger charge is 2.29. The normalized spacial score (nSPS) is 17.6. The number of nitro groups is 1. The van der Waals surface area contributed by atoms with Crippen LogP contribution >= 0.6 is 0 Å². The summed E-state index contributed by atoms with van der Waals surface area (Å²) in [6, 6.07) is 4.41. The summed E-state index contributed by atoms with van der Waals surface area (Å²) in [6.45, 7) is 5.61. The van der Waals surface area contributed by atoms with Gasteiger partial charge in [-0.15, -0.1) is 10.2 Å². The molecule has 9 nitrogen and oxygen atoms in total. The molecule has 0 aliphatic carbocycles. The number of nitrogens with zero attached hydrogens (tertiary/aromatic N) is 5. The van der Waals surface area contributed by atoms with Crippen LogP contribution in [0.1, 0.15) is 46.3 Å². The van der Waals surface area contributed by atoms with Crippen LogP contribution in [0.15, 0.2) is 18.2 Å². The number of fused-ring (bicyclic) bond motifs is 1. The highest BCUT2D eigenvalue weighted by atomic mass is 16.6. The van der Waals surface area contributed by atoms with E-state index < -0.39 is 4.92 Å². The fourth-order valence-corrected chi connectivity index (χ4v) is 3.93. The highest BCUT2D eigenvalue weighted by Crippen LogP contribution is 2.29. The van der Waals surface area contributed by atoms with E-state index in [4.69, 9.17) is 0 Å². The van der Waals surface area contributed by atoms with Gasteiger partial charge in [-0.25, -0.2) is 0 Å². The summed E-state index contributed by atoms with van der Waals surface area (Å²) >= 11 is 0. The maximum Gasteiger partial charge on any atom is 0.269 e. The SMILES string of the molecule is Cc1cc([N+](=O)[O-])ccc1C(=O)N1CCC(c2nnc3n2CCNC3)CC1. The van der Waals surface area contributed by atoms with Crippen LogP contribution in [-0.4, -0.2) is 50.1 Å². The van der Waals surface area contributed by atoms with E-state index in [0.717, 1.165) is 44.1 Å². The molecule has 2 aliphatic heterocycles. The molecule has 27 heavy (non-hydrogen) atoms. The van der Waals surface area contributed by atoms with Gasteiger partial charge in [0.05, 0.1) is 11.5 Å². The largest absolute Gasteiger partial charge is 0.339 e. The quantitative estimate of drug-likeness (QED) is 0.650. The number of piperidine rings is 1. The third-order valence-electron chi connectivity index (χ3n) is 5.45. The van der Waals surface area contributed by atoms with Crippen molar-refractivity contribution in [3.8, 4) is 0 Å². The number of hydrogen-bond donors (Lipinski definition) is 1. The number of nitrogens with one attached hydrogen (secondary N) is 1. The predicted octanol–water partition coefficient (Wildman–Crippen LogP) is 1.62. The van der Waals surface area contributed by atoms with Gasteiger partial charge in [0, 0.05) is 49.8 Å². The van der Waals surface area contributed by atoms with Crippen LogP contribution in [0.4, 0.5) is 5.69 Å². The van der Waals surface area contributed by atoms with Crippen molar-refractivity contribution in [1.82, 2.24) is 25.0 Å². The average molecular weight is 370 g/mol. The smallest absolute Gasteiger partial charge is 0.269 e. The Labute approximate surface area is 156 Å². The number of non-ortho nitro benzene ring substituents is 1. The fourth-order valence-electron chi connectivity index (χ4n) is 3.93. The number of rotatable bonds is 3. The summed E-state index contributed by atoms with van der Waals surface area (Å²) in [5, 5.41) is 22.9. The first-order valence-corrected chi connectivity index (χ1v) is 9.21. The third-order valence-corrected chi connectivity index (χ3v) is 5.45. The zero-order valence-corrected chi connectivity index (χ0v) is 15.2. The van der Waals surface area contributed by atoms with Gasteiger partial charge in [-0.05, 0) is 31.4 Å².